The lowest BCUT2D eigenvalue weighted by atomic mass is 10.0. The highest BCUT2D eigenvalue weighted by Crippen LogP contribution is 2.18. The fourth-order valence-electron chi connectivity index (χ4n) is 9.70. The van der Waals surface area contributed by atoms with Gasteiger partial charge in [0.2, 0.25) is 0 Å². The first-order valence-corrected chi connectivity index (χ1v) is 32.8. The zero-order valence-electron chi connectivity index (χ0n) is 50.1. The third-order valence-corrected chi connectivity index (χ3v) is 14.6. The third kappa shape index (κ3) is 61.8. The van der Waals surface area contributed by atoms with Crippen LogP contribution in [0, 0.1) is 0 Å². The first-order valence-electron chi connectivity index (χ1n) is 32.8. The van der Waals surface area contributed by atoms with Gasteiger partial charge in [0, 0.05) is 12.8 Å². The molecule has 436 valence electrons. The molecule has 0 aliphatic rings. The molecule has 0 spiro atoms. The molecular weight excluding hydrogens is 925 g/mol. The fraction of sp³-hybridized carbons (Fsp3) is 0.812. The monoisotopic (exact) mass is 1050 g/mol. The van der Waals surface area contributed by atoms with Crippen molar-refractivity contribution < 1.29 is 28.6 Å². The molecule has 0 fully saturated rings. The zero-order valence-corrected chi connectivity index (χ0v) is 50.1. The minimum absolute atomic E-state index is 0.0992. The van der Waals surface area contributed by atoms with Gasteiger partial charge in [0.05, 0.1) is 6.42 Å². The topological polar surface area (TPSA) is 78.9 Å². The Balaban J connectivity index is 4.32. The number of esters is 3. The summed E-state index contributed by atoms with van der Waals surface area (Å²) in [6, 6.07) is 0. The van der Waals surface area contributed by atoms with Crippen molar-refractivity contribution in [3.8, 4) is 0 Å². The van der Waals surface area contributed by atoms with E-state index in [2.05, 4.69) is 69.4 Å². The molecule has 1 unspecified atom stereocenters. The van der Waals surface area contributed by atoms with E-state index in [0.717, 1.165) is 70.6 Å². The van der Waals surface area contributed by atoms with Crippen LogP contribution >= 0.6 is 0 Å². The maximum Gasteiger partial charge on any atom is 0.309 e. The Morgan fingerprint density at radius 3 is 0.813 bits per heavy atom. The number of hydrogen-bond donors (Lipinski definition) is 0. The zero-order chi connectivity index (χ0) is 54.3. The fourth-order valence-corrected chi connectivity index (χ4v) is 9.70. The molecule has 0 heterocycles. The minimum atomic E-state index is -0.811. The van der Waals surface area contributed by atoms with E-state index in [1.807, 2.05) is 12.2 Å². The Kier molecular flexibility index (Phi) is 61.2. The summed E-state index contributed by atoms with van der Waals surface area (Å²) >= 11 is 0. The van der Waals surface area contributed by atoms with Crippen LogP contribution in [0.15, 0.2) is 60.8 Å². The Bertz CT molecular complexity index is 1340. The van der Waals surface area contributed by atoms with Crippen LogP contribution in [-0.2, 0) is 28.6 Å². The largest absolute Gasteiger partial charge is 0.462 e. The van der Waals surface area contributed by atoms with Gasteiger partial charge >= 0.3 is 17.9 Å². The Morgan fingerprint density at radius 1 is 0.280 bits per heavy atom. The maximum atomic E-state index is 12.9. The van der Waals surface area contributed by atoms with Crippen LogP contribution in [0.1, 0.15) is 342 Å². The SMILES string of the molecule is CC/C=C\C/C=C\C/C=C\C/C=C\C/C=C\CC(=O)OCC(COC(=O)CCCCCCCCCCCCCCCCCCCCCCCCCCC)OC(=O)CCCCCCCCCCCCCCCCCCC. The molecule has 0 aliphatic heterocycles. The summed E-state index contributed by atoms with van der Waals surface area (Å²) in [7, 11) is 0. The third-order valence-electron chi connectivity index (χ3n) is 14.6. The van der Waals surface area contributed by atoms with Crippen LogP contribution in [0.2, 0.25) is 0 Å². The molecule has 0 saturated carbocycles. The average molecular weight is 1050 g/mol. The number of carbonyl (C=O) groups excluding carboxylic acids is 3. The lowest BCUT2D eigenvalue weighted by molar-refractivity contribution is -0.166. The summed E-state index contributed by atoms with van der Waals surface area (Å²) in [6.07, 6.45) is 81.3. The predicted octanol–water partition coefficient (Wildman–Crippen LogP) is 22.3. The Morgan fingerprint density at radius 2 is 0.520 bits per heavy atom. The van der Waals surface area contributed by atoms with Gasteiger partial charge in [-0.1, -0.05) is 338 Å². The lowest BCUT2D eigenvalue weighted by Crippen LogP contribution is -2.30. The standard InChI is InChI=1S/C69H124O6/c1-4-7-10-13-16-19-22-25-28-30-31-32-33-34-35-36-37-39-41-44-47-50-53-56-59-62-68(71)74-65-66(64-73-67(70)61-58-55-52-49-46-43-40-27-24-21-18-15-12-9-6-3)75-69(72)63-60-57-54-51-48-45-42-38-29-26-23-20-17-14-11-8-5-2/h9,12,18,21,27,40,46,49,55,58,66H,4-8,10-11,13-17,19-20,22-26,28-39,41-45,47-48,50-54,56-57,59-65H2,1-3H3/b12-9-,21-18-,40-27-,49-46-,58-55-. The smallest absolute Gasteiger partial charge is 0.309 e. The molecule has 0 saturated heterocycles. The van der Waals surface area contributed by atoms with Gasteiger partial charge in [0.25, 0.3) is 0 Å². The summed E-state index contributed by atoms with van der Waals surface area (Å²) in [5, 5.41) is 0. The molecule has 0 aliphatic carbocycles. The van der Waals surface area contributed by atoms with Gasteiger partial charge in [-0.05, 0) is 44.9 Å². The number of ether oxygens (including phenoxy) is 3. The van der Waals surface area contributed by atoms with Crippen LogP contribution < -0.4 is 0 Å². The van der Waals surface area contributed by atoms with Gasteiger partial charge in [-0.15, -0.1) is 0 Å². The number of carbonyl (C=O) groups is 3. The number of allylic oxidation sites excluding steroid dienone is 9. The molecule has 0 N–H and O–H groups in total. The molecule has 75 heavy (non-hydrogen) atoms. The van der Waals surface area contributed by atoms with Gasteiger partial charge in [-0.3, -0.25) is 14.4 Å². The highest BCUT2D eigenvalue weighted by molar-refractivity contribution is 5.72. The molecule has 0 rings (SSSR count). The van der Waals surface area contributed by atoms with Crippen molar-refractivity contribution >= 4 is 17.9 Å². The van der Waals surface area contributed by atoms with Crippen LogP contribution in [0.4, 0.5) is 0 Å². The van der Waals surface area contributed by atoms with Crippen molar-refractivity contribution in [1.82, 2.24) is 0 Å². The van der Waals surface area contributed by atoms with E-state index in [0.29, 0.717) is 12.8 Å². The van der Waals surface area contributed by atoms with Crippen molar-refractivity contribution in [2.24, 2.45) is 0 Å². The van der Waals surface area contributed by atoms with Crippen molar-refractivity contribution in [2.45, 2.75) is 348 Å². The average Bonchev–Trinajstić information content (AvgIpc) is 3.41. The summed E-state index contributed by atoms with van der Waals surface area (Å²) in [5.41, 5.74) is 0. The number of hydrogen-bond acceptors (Lipinski definition) is 6. The summed E-state index contributed by atoms with van der Waals surface area (Å²) < 4.78 is 16.8. The predicted molar refractivity (Wildman–Crippen MR) is 325 cm³/mol. The Hall–Kier alpha value is -2.89. The van der Waals surface area contributed by atoms with Crippen LogP contribution in [-0.4, -0.2) is 37.2 Å². The molecule has 0 radical (unpaired) electrons. The molecule has 0 aromatic carbocycles. The van der Waals surface area contributed by atoms with Gasteiger partial charge in [0.1, 0.15) is 13.2 Å². The summed E-state index contributed by atoms with van der Waals surface area (Å²) in [6.45, 7) is 6.50. The first kappa shape index (κ1) is 72.1. The van der Waals surface area contributed by atoms with Crippen molar-refractivity contribution in [2.75, 3.05) is 13.2 Å². The second kappa shape index (κ2) is 63.6. The van der Waals surface area contributed by atoms with Crippen molar-refractivity contribution in [3.63, 3.8) is 0 Å². The van der Waals surface area contributed by atoms with E-state index < -0.39 is 12.1 Å². The second-order valence-electron chi connectivity index (χ2n) is 22.0. The summed E-state index contributed by atoms with van der Waals surface area (Å²) in [4.78, 5) is 38.2. The molecule has 1 atom stereocenters. The van der Waals surface area contributed by atoms with E-state index in [1.165, 1.54) is 231 Å². The van der Waals surface area contributed by atoms with Crippen LogP contribution in [0.25, 0.3) is 0 Å². The van der Waals surface area contributed by atoms with E-state index in [1.54, 1.807) is 0 Å². The highest BCUT2D eigenvalue weighted by Gasteiger charge is 2.19. The molecule has 0 amide bonds. The molecule has 6 nitrogen and oxygen atoms in total. The van der Waals surface area contributed by atoms with Gasteiger partial charge in [-0.2, -0.15) is 0 Å². The van der Waals surface area contributed by atoms with E-state index in [4.69, 9.17) is 14.2 Å². The van der Waals surface area contributed by atoms with Crippen molar-refractivity contribution in [1.29, 1.82) is 0 Å². The quantitative estimate of drug-likeness (QED) is 0.0261. The number of rotatable bonds is 60. The van der Waals surface area contributed by atoms with Crippen LogP contribution in [0.3, 0.4) is 0 Å². The van der Waals surface area contributed by atoms with Crippen molar-refractivity contribution in [3.05, 3.63) is 60.8 Å². The van der Waals surface area contributed by atoms with Gasteiger partial charge < -0.3 is 14.2 Å². The highest BCUT2D eigenvalue weighted by atomic mass is 16.6. The maximum absolute atomic E-state index is 12.9. The van der Waals surface area contributed by atoms with E-state index >= 15 is 0 Å². The second-order valence-corrected chi connectivity index (χ2v) is 22.0. The molecular formula is C69H124O6. The number of unbranched alkanes of at least 4 members (excludes halogenated alkanes) is 40. The first-order chi connectivity index (χ1) is 37.0. The molecule has 0 aromatic rings. The van der Waals surface area contributed by atoms with Crippen LogP contribution in [0.5, 0.6) is 0 Å². The van der Waals surface area contributed by atoms with E-state index in [9.17, 15) is 14.4 Å². The van der Waals surface area contributed by atoms with Gasteiger partial charge in [-0.25, -0.2) is 0 Å². The molecule has 0 aromatic heterocycles. The van der Waals surface area contributed by atoms with Gasteiger partial charge in [0.15, 0.2) is 6.10 Å². The normalized spacial score (nSPS) is 12.4. The molecule has 0 bridgehead atoms. The lowest BCUT2D eigenvalue weighted by Gasteiger charge is -2.18. The minimum Gasteiger partial charge on any atom is -0.462 e. The summed E-state index contributed by atoms with van der Waals surface area (Å²) in [5.74, 6) is -1.01. The molecule has 6 heteroatoms. The van der Waals surface area contributed by atoms with E-state index in [-0.39, 0.29) is 31.6 Å². The Labute approximate surface area is 466 Å².